The summed E-state index contributed by atoms with van der Waals surface area (Å²) in [7, 11) is 0. The molecule has 3 aromatic heterocycles. The first-order valence-corrected chi connectivity index (χ1v) is 12.6. The van der Waals surface area contributed by atoms with E-state index < -0.39 is 6.10 Å². The lowest BCUT2D eigenvalue weighted by molar-refractivity contribution is 0.0954. The Morgan fingerprint density at radius 1 is 1.13 bits per heavy atom. The number of nitrogens with one attached hydrogen (secondary N) is 2. The number of nitrogens with zero attached hydrogens (tertiary/aromatic N) is 3. The van der Waals surface area contributed by atoms with Crippen LogP contribution in [-0.4, -0.2) is 37.3 Å². The van der Waals surface area contributed by atoms with E-state index in [0.717, 1.165) is 16.8 Å². The van der Waals surface area contributed by atoms with E-state index in [1.807, 2.05) is 36.4 Å². The van der Waals surface area contributed by atoms with Crippen molar-refractivity contribution in [1.29, 1.82) is 0 Å². The number of hydrogen-bond donors (Lipinski definition) is 3. The number of aromatic nitrogens is 4. The number of carbonyl (C=O) groups excluding carboxylic acids is 1. The van der Waals surface area contributed by atoms with Gasteiger partial charge in [0.1, 0.15) is 0 Å². The van der Waals surface area contributed by atoms with Crippen LogP contribution in [0, 0.1) is 0 Å². The molecule has 0 aliphatic heterocycles. The minimum absolute atomic E-state index is 0.191. The molecule has 0 fully saturated rings. The van der Waals surface area contributed by atoms with Crippen LogP contribution in [0.15, 0.2) is 84.0 Å². The lowest BCUT2D eigenvalue weighted by Crippen LogP contribution is -2.26. The third-order valence-electron chi connectivity index (χ3n) is 6.41. The number of hydrogen-bond acceptors (Lipinski definition) is 5. The van der Waals surface area contributed by atoms with Gasteiger partial charge in [-0.05, 0) is 59.8 Å². The summed E-state index contributed by atoms with van der Waals surface area (Å²) in [5.74, 6) is -0.191. The highest BCUT2D eigenvalue weighted by Gasteiger charge is 2.16. The molecule has 38 heavy (non-hydrogen) atoms. The van der Waals surface area contributed by atoms with Crippen LogP contribution in [0.1, 0.15) is 40.2 Å². The third-order valence-corrected chi connectivity index (χ3v) is 6.69. The van der Waals surface area contributed by atoms with Gasteiger partial charge in [0.2, 0.25) is 0 Å². The average Bonchev–Trinajstić information content (AvgIpc) is 3.36. The molecular formula is C29H26ClN5O3. The molecule has 0 radical (unpaired) electrons. The zero-order chi connectivity index (χ0) is 26.6. The fraction of sp³-hybridized carbons (Fsp3) is 0.172. The van der Waals surface area contributed by atoms with Crippen molar-refractivity contribution in [2.45, 2.75) is 26.0 Å². The molecule has 0 aliphatic carbocycles. The van der Waals surface area contributed by atoms with Gasteiger partial charge in [-0.3, -0.25) is 19.7 Å². The number of aliphatic hydroxyl groups is 1. The van der Waals surface area contributed by atoms with Gasteiger partial charge in [-0.2, -0.15) is 5.10 Å². The summed E-state index contributed by atoms with van der Waals surface area (Å²) in [6.07, 6.45) is 4.92. The summed E-state index contributed by atoms with van der Waals surface area (Å²) in [5.41, 5.74) is 4.13. The van der Waals surface area contributed by atoms with Crippen LogP contribution in [0.25, 0.3) is 21.9 Å². The molecule has 1 amide bonds. The number of benzene rings is 2. The number of carbonyl (C=O) groups is 1. The lowest BCUT2D eigenvalue weighted by atomic mass is 9.99. The SMILES string of the molecule is CC(O)c1cn(Cc2cccc(C(=O)NCCc3ccccn3)c2)c(=O)c2ccc(-c3c[nH]nc3Cl)cc12. The second-order valence-electron chi connectivity index (χ2n) is 9.07. The molecule has 1 unspecified atom stereocenters. The molecule has 8 nitrogen and oxygen atoms in total. The Hall–Kier alpha value is -4.27. The molecule has 2 aromatic carbocycles. The maximum Gasteiger partial charge on any atom is 0.258 e. The largest absolute Gasteiger partial charge is 0.389 e. The second-order valence-corrected chi connectivity index (χ2v) is 9.43. The van der Waals surface area contributed by atoms with Crippen LogP contribution in [0.2, 0.25) is 5.15 Å². The summed E-state index contributed by atoms with van der Waals surface area (Å²) in [6, 6.07) is 18.3. The Morgan fingerprint density at radius 3 is 2.74 bits per heavy atom. The smallest absolute Gasteiger partial charge is 0.258 e. The highest BCUT2D eigenvalue weighted by atomic mass is 35.5. The summed E-state index contributed by atoms with van der Waals surface area (Å²) < 4.78 is 1.56. The standard InChI is InChI=1S/C29H26ClN5O3/c1-18(36)26-17-35(29(38)23-9-8-20(14-24(23)26)25-15-33-34-27(25)30)16-19-5-4-6-21(13-19)28(37)32-12-10-22-7-2-3-11-31-22/h2-9,11,13-15,17-18,36H,10,12,16H2,1H3,(H,32,37)(H,33,34). The van der Waals surface area contributed by atoms with E-state index in [4.69, 9.17) is 11.6 Å². The van der Waals surface area contributed by atoms with Crippen molar-refractivity contribution in [2.75, 3.05) is 6.54 Å². The van der Waals surface area contributed by atoms with Gasteiger partial charge in [-0.1, -0.05) is 35.9 Å². The Labute approximate surface area is 223 Å². The zero-order valence-electron chi connectivity index (χ0n) is 20.7. The summed E-state index contributed by atoms with van der Waals surface area (Å²) >= 11 is 6.18. The van der Waals surface area contributed by atoms with Crippen molar-refractivity contribution in [3.8, 4) is 11.1 Å². The van der Waals surface area contributed by atoms with Gasteiger partial charge in [-0.15, -0.1) is 0 Å². The summed E-state index contributed by atoms with van der Waals surface area (Å²) in [6.45, 7) is 2.38. The van der Waals surface area contributed by atoms with Gasteiger partial charge >= 0.3 is 0 Å². The number of fused-ring (bicyclic) bond motifs is 1. The molecule has 9 heteroatoms. The number of rotatable bonds is 8. The first-order valence-electron chi connectivity index (χ1n) is 12.2. The number of pyridine rings is 2. The van der Waals surface area contributed by atoms with E-state index in [1.165, 1.54) is 0 Å². The molecule has 5 rings (SSSR count). The molecule has 3 N–H and O–H groups in total. The highest BCUT2D eigenvalue weighted by Crippen LogP contribution is 2.30. The van der Waals surface area contributed by atoms with Gasteiger partial charge in [0, 0.05) is 59.3 Å². The van der Waals surface area contributed by atoms with Crippen LogP contribution < -0.4 is 10.9 Å². The van der Waals surface area contributed by atoms with Crippen molar-refractivity contribution in [1.82, 2.24) is 25.1 Å². The Kier molecular flexibility index (Phi) is 7.35. The van der Waals surface area contributed by atoms with Crippen molar-refractivity contribution in [2.24, 2.45) is 0 Å². The third kappa shape index (κ3) is 5.37. The molecule has 5 aromatic rings. The minimum Gasteiger partial charge on any atom is -0.389 e. The van der Waals surface area contributed by atoms with Gasteiger partial charge in [0.15, 0.2) is 5.15 Å². The Bertz CT molecular complexity index is 1660. The molecule has 0 aliphatic rings. The normalized spacial score (nSPS) is 12.0. The number of aliphatic hydroxyl groups excluding tert-OH is 1. The van der Waals surface area contributed by atoms with Crippen LogP contribution >= 0.6 is 11.6 Å². The minimum atomic E-state index is -0.810. The first kappa shape index (κ1) is 25.4. The number of amides is 1. The Balaban J connectivity index is 1.40. The predicted octanol–water partition coefficient (Wildman–Crippen LogP) is 4.51. The Morgan fingerprint density at radius 2 is 2.00 bits per heavy atom. The molecule has 192 valence electrons. The van der Waals surface area contributed by atoms with Gasteiger partial charge in [0.05, 0.1) is 12.6 Å². The van der Waals surface area contributed by atoms with Crippen molar-refractivity contribution >= 4 is 28.3 Å². The van der Waals surface area contributed by atoms with E-state index in [9.17, 15) is 14.7 Å². The molecule has 3 heterocycles. The average molecular weight is 528 g/mol. The molecule has 0 saturated heterocycles. The van der Waals surface area contributed by atoms with Crippen LogP contribution in [0.4, 0.5) is 0 Å². The van der Waals surface area contributed by atoms with Gasteiger partial charge in [0.25, 0.3) is 11.5 Å². The van der Waals surface area contributed by atoms with Gasteiger partial charge < -0.3 is 15.0 Å². The summed E-state index contributed by atoms with van der Waals surface area (Å²) in [5, 5.41) is 21.6. The summed E-state index contributed by atoms with van der Waals surface area (Å²) in [4.78, 5) is 30.4. The van der Waals surface area contributed by atoms with E-state index in [2.05, 4.69) is 20.5 Å². The van der Waals surface area contributed by atoms with E-state index in [0.29, 0.717) is 45.6 Å². The molecule has 0 bridgehead atoms. The van der Waals surface area contributed by atoms with Crippen molar-refractivity contribution in [3.63, 3.8) is 0 Å². The first-order chi connectivity index (χ1) is 18.4. The van der Waals surface area contributed by atoms with Crippen LogP contribution in [0.5, 0.6) is 0 Å². The maximum atomic E-state index is 13.4. The maximum absolute atomic E-state index is 13.4. The van der Waals surface area contributed by atoms with E-state index >= 15 is 0 Å². The molecule has 1 atom stereocenters. The molecular weight excluding hydrogens is 502 g/mol. The predicted molar refractivity (Wildman–Crippen MR) is 147 cm³/mol. The van der Waals surface area contributed by atoms with Crippen LogP contribution in [-0.2, 0) is 13.0 Å². The highest BCUT2D eigenvalue weighted by molar-refractivity contribution is 6.32. The van der Waals surface area contributed by atoms with Gasteiger partial charge in [-0.25, -0.2) is 0 Å². The quantitative estimate of drug-likeness (QED) is 0.275. The lowest BCUT2D eigenvalue weighted by Gasteiger charge is -2.15. The number of aromatic amines is 1. The fourth-order valence-corrected chi connectivity index (χ4v) is 4.69. The van der Waals surface area contributed by atoms with Crippen molar-refractivity contribution in [3.05, 3.63) is 117 Å². The second kappa shape index (κ2) is 11.0. The fourth-order valence-electron chi connectivity index (χ4n) is 4.47. The number of halogens is 1. The monoisotopic (exact) mass is 527 g/mol. The van der Waals surface area contributed by atoms with Crippen LogP contribution in [0.3, 0.4) is 0 Å². The van der Waals surface area contributed by atoms with E-state index in [1.54, 1.807) is 54.3 Å². The number of H-pyrrole nitrogens is 1. The van der Waals surface area contributed by atoms with Crippen molar-refractivity contribution < 1.29 is 9.90 Å². The molecule has 0 saturated carbocycles. The van der Waals surface area contributed by atoms with E-state index in [-0.39, 0.29) is 18.0 Å². The zero-order valence-corrected chi connectivity index (χ0v) is 21.4. The molecule has 0 spiro atoms. The topological polar surface area (TPSA) is 113 Å².